The lowest BCUT2D eigenvalue weighted by Crippen LogP contribution is -2.54. The number of anilines is 1. The van der Waals surface area contributed by atoms with Crippen LogP contribution in [0.15, 0.2) is 24.3 Å². The standard InChI is InChI=1S/C11H10F7NO3S/c12-9(10(13,14)15,11(16,17)18)5-6-23(21,22)19-7-1-3-8(20)4-2-7/h1-4,19-20H,5-6H2. The van der Waals surface area contributed by atoms with Crippen molar-refractivity contribution in [2.75, 3.05) is 10.5 Å². The highest BCUT2D eigenvalue weighted by atomic mass is 32.2. The molecular weight excluding hydrogens is 359 g/mol. The largest absolute Gasteiger partial charge is 0.508 e. The van der Waals surface area contributed by atoms with Crippen molar-refractivity contribution in [3.05, 3.63) is 24.3 Å². The molecule has 0 amide bonds. The van der Waals surface area contributed by atoms with E-state index in [9.17, 15) is 39.2 Å². The lowest BCUT2D eigenvalue weighted by atomic mass is 10.0. The number of aromatic hydroxyl groups is 1. The molecule has 2 N–H and O–H groups in total. The Morgan fingerprint density at radius 3 is 1.74 bits per heavy atom. The number of phenols is 1. The highest BCUT2D eigenvalue weighted by Crippen LogP contribution is 2.48. The molecule has 132 valence electrons. The van der Waals surface area contributed by atoms with Crippen LogP contribution in [0, 0.1) is 0 Å². The molecule has 0 fully saturated rings. The summed E-state index contributed by atoms with van der Waals surface area (Å²) in [6.07, 6.45) is -15.0. The van der Waals surface area contributed by atoms with Crippen LogP contribution in [0.2, 0.25) is 0 Å². The van der Waals surface area contributed by atoms with E-state index in [2.05, 4.69) is 0 Å². The Bertz CT molecular complexity index is 623. The van der Waals surface area contributed by atoms with E-state index < -0.39 is 40.2 Å². The van der Waals surface area contributed by atoms with E-state index in [1.165, 1.54) is 0 Å². The predicted octanol–water partition coefficient (Wildman–Crippen LogP) is 3.36. The summed E-state index contributed by atoms with van der Waals surface area (Å²) >= 11 is 0. The van der Waals surface area contributed by atoms with Gasteiger partial charge in [-0.2, -0.15) is 26.3 Å². The molecule has 0 aromatic heterocycles. The SMILES string of the molecule is O=S(=O)(CCC(F)(C(F)(F)F)C(F)(F)F)Nc1ccc(O)cc1. The molecule has 0 atom stereocenters. The maximum absolute atomic E-state index is 13.4. The summed E-state index contributed by atoms with van der Waals surface area (Å²) < 4.78 is 112. The summed E-state index contributed by atoms with van der Waals surface area (Å²) in [6, 6.07) is 4.09. The summed E-state index contributed by atoms with van der Waals surface area (Å²) in [6.45, 7) is 0. The van der Waals surface area contributed by atoms with Gasteiger partial charge in [0.2, 0.25) is 10.0 Å². The van der Waals surface area contributed by atoms with Crippen LogP contribution in [-0.4, -0.2) is 37.3 Å². The Kier molecular flexibility index (Phi) is 5.09. The Labute approximate surface area is 126 Å². The van der Waals surface area contributed by atoms with E-state index in [4.69, 9.17) is 5.11 Å². The molecule has 12 heteroatoms. The van der Waals surface area contributed by atoms with Crippen molar-refractivity contribution in [1.29, 1.82) is 0 Å². The quantitative estimate of drug-likeness (QED) is 0.618. The molecule has 0 radical (unpaired) electrons. The molecule has 0 aliphatic heterocycles. The van der Waals surface area contributed by atoms with Crippen molar-refractivity contribution in [3.8, 4) is 5.75 Å². The third-order valence-corrected chi connectivity index (χ3v) is 4.04. The van der Waals surface area contributed by atoms with E-state index in [1.807, 2.05) is 0 Å². The lowest BCUT2D eigenvalue weighted by molar-refractivity contribution is -0.341. The van der Waals surface area contributed by atoms with Crippen molar-refractivity contribution in [1.82, 2.24) is 0 Å². The molecule has 23 heavy (non-hydrogen) atoms. The molecule has 0 bridgehead atoms. The maximum atomic E-state index is 13.4. The number of halogens is 7. The zero-order chi connectivity index (χ0) is 18.1. The maximum Gasteiger partial charge on any atom is 0.431 e. The average molecular weight is 369 g/mol. The zero-order valence-corrected chi connectivity index (χ0v) is 11.9. The highest BCUT2D eigenvalue weighted by Gasteiger charge is 2.72. The molecule has 0 unspecified atom stereocenters. The highest BCUT2D eigenvalue weighted by molar-refractivity contribution is 7.92. The number of phenolic OH excluding ortho intramolecular Hbond substituents is 1. The van der Waals surface area contributed by atoms with Gasteiger partial charge in [0.1, 0.15) is 5.75 Å². The molecule has 0 saturated heterocycles. The first-order valence-corrected chi connectivity index (χ1v) is 7.45. The molecule has 0 saturated carbocycles. The minimum absolute atomic E-state index is 0.216. The molecule has 0 spiro atoms. The molecule has 0 aliphatic carbocycles. The molecule has 0 aliphatic rings. The number of rotatable bonds is 5. The predicted molar refractivity (Wildman–Crippen MR) is 66.1 cm³/mol. The van der Waals surface area contributed by atoms with Crippen molar-refractivity contribution in [2.24, 2.45) is 0 Å². The Morgan fingerprint density at radius 1 is 0.913 bits per heavy atom. The molecule has 1 rings (SSSR count). The Balaban J connectivity index is 2.90. The third kappa shape index (κ3) is 4.62. The second kappa shape index (κ2) is 6.06. The molecule has 1 aromatic carbocycles. The first kappa shape index (κ1) is 19.3. The second-order valence-corrected chi connectivity index (χ2v) is 6.36. The topological polar surface area (TPSA) is 66.4 Å². The summed E-state index contributed by atoms with van der Waals surface area (Å²) in [5.41, 5.74) is -5.85. The van der Waals surface area contributed by atoms with Gasteiger partial charge in [-0.25, -0.2) is 12.8 Å². The summed E-state index contributed by atoms with van der Waals surface area (Å²) in [5, 5.41) is 8.97. The Morgan fingerprint density at radius 2 is 1.35 bits per heavy atom. The van der Waals surface area contributed by atoms with Crippen LogP contribution in [0.1, 0.15) is 6.42 Å². The third-order valence-electron chi connectivity index (χ3n) is 2.75. The van der Waals surface area contributed by atoms with E-state index in [-0.39, 0.29) is 11.4 Å². The monoisotopic (exact) mass is 369 g/mol. The van der Waals surface area contributed by atoms with E-state index >= 15 is 0 Å². The van der Waals surface area contributed by atoms with Gasteiger partial charge < -0.3 is 5.11 Å². The smallest absolute Gasteiger partial charge is 0.431 e. The van der Waals surface area contributed by atoms with Crippen LogP contribution in [0.3, 0.4) is 0 Å². The molecule has 1 aromatic rings. The average Bonchev–Trinajstić information content (AvgIpc) is 2.36. The van der Waals surface area contributed by atoms with Crippen LogP contribution in [0.5, 0.6) is 5.75 Å². The van der Waals surface area contributed by atoms with Gasteiger partial charge >= 0.3 is 12.4 Å². The van der Waals surface area contributed by atoms with Gasteiger partial charge in [0.05, 0.1) is 5.75 Å². The van der Waals surface area contributed by atoms with Crippen molar-refractivity contribution < 1.29 is 44.3 Å². The second-order valence-electron chi connectivity index (χ2n) is 4.51. The van der Waals surface area contributed by atoms with Gasteiger partial charge in [0.15, 0.2) is 0 Å². The summed E-state index contributed by atoms with van der Waals surface area (Å²) in [7, 11) is -4.67. The van der Waals surface area contributed by atoms with Crippen molar-refractivity contribution in [2.45, 2.75) is 24.4 Å². The minimum Gasteiger partial charge on any atom is -0.508 e. The number of sulfonamides is 1. The molecule has 4 nitrogen and oxygen atoms in total. The van der Waals surface area contributed by atoms with Gasteiger partial charge in [-0.15, -0.1) is 0 Å². The number of hydrogen-bond donors (Lipinski definition) is 2. The normalized spacial score (nSPS) is 13.9. The number of hydrogen-bond acceptors (Lipinski definition) is 3. The van der Waals surface area contributed by atoms with E-state index in [0.717, 1.165) is 24.3 Å². The van der Waals surface area contributed by atoms with Crippen molar-refractivity contribution in [3.63, 3.8) is 0 Å². The van der Waals surface area contributed by atoms with Crippen LogP contribution < -0.4 is 4.72 Å². The summed E-state index contributed by atoms with van der Waals surface area (Å²) in [4.78, 5) is 0. The Hall–Kier alpha value is -1.72. The van der Waals surface area contributed by atoms with Gasteiger partial charge in [0, 0.05) is 12.1 Å². The van der Waals surface area contributed by atoms with Gasteiger partial charge in [-0.05, 0) is 24.3 Å². The van der Waals surface area contributed by atoms with Crippen LogP contribution in [0.4, 0.5) is 36.4 Å². The fourth-order valence-electron chi connectivity index (χ4n) is 1.48. The summed E-state index contributed by atoms with van der Waals surface area (Å²) in [5.74, 6) is -1.99. The first-order chi connectivity index (χ1) is 10.2. The van der Waals surface area contributed by atoms with Gasteiger partial charge in [-0.1, -0.05) is 0 Å². The zero-order valence-electron chi connectivity index (χ0n) is 11.0. The number of alkyl halides is 7. The first-order valence-electron chi connectivity index (χ1n) is 5.80. The van der Waals surface area contributed by atoms with Gasteiger partial charge in [-0.3, -0.25) is 4.72 Å². The molecular formula is C11H10F7NO3S. The van der Waals surface area contributed by atoms with Crippen LogP contribution in [0.25, 0.3) is 0 Å². The fourth-order valence-corrected chi connectivity index (χ4v) is 2.63. The van der Waals surface area contributed by atoms with Crippen LogP contribution >= 0.6 is 0 Å². The lowest BCUT2D eigenvalue weighted by Gasteiger charge is -2.29. The number of nitrogens with one attached hydrogen (secondary N) is 1. The fraction of sp³-hybridized carbons (Fsp3) is 0.455. The van der Waals surface area contributed by atoms with Crippen LogP contribution in [-0.2, 0) is 10.0 Å². The van der Waals surface area contributed by atoms with E-state index in [0.29, 0.717) is 0 Å². The van der Waals surface area contributed by atoms with E-state index in [1.54, 1.807) is 4.72 Å². The minimum atomic E-state index is -6.31. The van der Waals surface area contributed by atoms with Crippen molar-refractivity contribution >= 4 is 15.7 Å². The van der Waals surface area contributed by atoms with Gasteiger partial charge in [0.25, 0.3) is 5.67 Å². The number of benzene rings is 1. The molecule has 0 heterocycles.